The number of benzene rings is 1. The Morgan fingerprint density at radius 1 is 1.40 bits per heavy atom. The lowest BCUT2D eigenvalue weighted by atomic mass is 10.3. The molecule has 2 nitrogen and oxygen atoms in total. The third kappa shape index (κ3) is 5.45. The van der Waals surface area contributed by atoms with Crippen LogP contribution in [-0.2, 0) is 4.74 Å². The van der Waals surface area contributed by atoms with E-state index in [9.17, 15) is 0 Å². The summed E-state index contributed by atoms with van der Waals surface area (Å²) in [4.78, 5) is 0. The van der Waals surface area contributed by atoms with Crippen LogP contribution in [0.2, 0.25) is 5.02 Å². The van der Waals surface area contributed by atoms with Crippen molar-refractivity contribution in [3.8, 4) is 0 Å². The van der Waals surface area contributed by atoms with Crippen LogP contribution in [0.4, 0.5) is 5.69 Å². The van der Waals surface area contributed by atoms with Crippen molar-refractivity contribution < 1.29 is 4.74 Å². The number of nitrogens with one attached hydrogen (secondary N) is 1. The molecule has 1 rings (SSSR count). The highest BCUT2D eigenvalue weighted by Crippen LogP contribution is 2.14. The molecule has 1 aromatic carbocycles. The highest BCUT2D eigenvalue weighted by molar-refractivity contribution is 6.30. The first-order chi connectivity index (χ1) is 7.33. The predicted octanol–water partition coefficient (Wildman–Crippen LogP) is 3.34. The van der Waals surface area contributed by atoms with Gasteiger partial charge in [-0.05, 0) is 24.6 Å². The van der Waals surface area contributed by atoms with Gasteiger partial charge in [-0.1, -0.05) is 23.7 Å². The fraction of sp³-hybridized carbons (Fsp3) is 0.333. The molecule has 82 valence electrons. The van der Waals surface area contributed by atoms with Gasteiger partial charge in [-0.3, -0.25) is 0 Å². The quantitative estimate of drug-likeness (QED) is 0.568. The zero-order valence-electron chi connectivity index (χ0n) is 8.71. The first-order valence-electron chi connectivity index (χ1n) is 5.01. The molecule has 0 spiro atoms. The molecule has 0 unspecified atom stereocenters. The van der Waals surface area contributed by atoms with E-state index in [0.717, 1.165) is 30.3 Å². The Hall–Kier alpha value is -0.990. The van der Waals surface area contributed by atoms with E-state index in [2.05, 4.69) is 11.9 Å². The van der Waals surface area contributed by atoms with E-state index >= 15 is 0 Å². The maximum Gasteiger partial charge on any atom is 0.0639 e. The molecule has 0 aromatic heterocycles. The van der Waals surface area contributed by atoms with Gasteiger partial charge >= 0.3 is 0 Å². The Balaban J connectivity index is 2.12. The maximum atomic E-state index is 5.84. The van der Waals surface area contributed by atoms with Crippen molar-refractivity contribution in [2.24, 2.45) is 0 Å². The molecule has 0 amide bonds. The van der Waals surface area contributed by atoms with E-state index in [4.69, 9.17) is 16.3 Å². The fourth-order valence-corrected chi connectivity index (χ4v) is 1.32. The van der Waals surface area contributed by atoms with Gasteiger partial charge in [0.25, 0.3) is 0 Å². The normalized spacial score (nSPS) is 9.93. The number of ether oxygens (including phenoxy) is 1. The summed E-state index contributed by atoms with van der Waals surface area (Å²) in [7, 11) is 0. The van der Waals surface area contributed by atoms with Crippen LogP contribution in [0.25, 0.3) is 0 Å². The summed E-state index contributed by atoms with van der Waals surface area (Å²) < 4.78 is 5.36. The minimum absolute atomic E-state index is 0.695. The average molecular weight is 226 g/mol. The van der Waals surface area contributed by atoms with Gasteiger partial charge in [-0.25, -0.2) is 0 Å². The van der Waals surface area contributed by atoms with Gasteiger partial charge in [0.05, 0.1) is 13.2 Å². The molecule has 3 heteroatoms. The van der Waals surface area contributed by atoms with Gasteiger partial charge in [0.15, 0.2) is 0 Å². The van der Waals surface area contributed by atoms with Gasteiger partial charge in [-0.15, -0.1) is 6.58 Å². The van der Waals surface area contributed by atoms with Crippen LogP contribution in [-0.4, -0.2) is 19.8 Å². The molecule has 0 aliphatic carbocycles. The van der Waals surface area contributed by atoms with E-state index in [0.29, 0.717) is 6.61 Å². The van der Waals surface area contributed by atoms with E-state index in [-0.39, 0.29) is 0 Å². The zero-order chi connectivity index (χ0) is 10.9. The van der Waals surface area contributed by atoms with Crippen molar-refractivity contribution in [3.05, 3.63) is 41.9 Å². The third-order valence-corrected chi connectivity index (χ3v) is 2.10. The summed E-state index contributed by atoms with van der Waals surface area (Å²) in [6.45, 7) is 5.85. The Bertz CT molecular complexity index is 301. The molecule has 0 saturated carbocycles. The van der Waals surface area contributed by atoms with Crippen LogP contribution < -0.4 is 5.32 Å². The average Bonchev–Trinajstić information content (AvgIpc) is 2.23. The van der Waals surface area contributed by atoms with Crippen LogP contribution in [0.1, 0.15) is 6.42 Å². The molecule has 0 fully saturated rings. The first-order valence-corrected chi connectivity index (χ1v) is 5.39. The van der Waals surface area contributed by atoms with Crippen LogP contribution in [0.15, 0.2) is 36.9 Å². The van der Waals surface area contributed by atoms with E-state index in [1.54, 1.807) is 0 Å². The summed E-state index contributed by atoms with van der Waals surface area (Å²) in [5.41, 5.74) is 1.02. The second-order valence-electron chi connectivity index (χ2n) is 3.13. The molecule has 0 saturated heterocycles. The highest BCUT2D eigenvalue weighted by atomic mass is 35.5. The van der Waals surface area contributed by atoms with Crippen molar-refractivity contribution in [1.29, 1.82) is 0 Å². The number of hydrogen-bond donors (Lipinski definition) is 1. The van der Waals surface area contributed by atoms with Crippen molar-refractivity contribution in [2.75, 3.05) is 25.1 Å². The topological polar surface area (TPSA) is 21.3 Å². The van der Waals surface area contributed by atoms with Crippen molar-refractivity contribution in [1.82, 2.24) is 0 Å². The summed E-state index contributed by atoms with van der Waals surface area (Å²) in [6, 6.07) is 7.65. The van der Waals surface area contributed by atoms with Crippen LogP contribution in [0.5, 0.6) is 0 Å². The standard InChI is InChI=1S/C12H16ClNO/c1-2-3-8-15-9-7-14-12-6-4-5-11(13)10-12/h2,4-6,10,14H,1,3,7-9H2. The second kappa shape index (κ2) is 7.32. The van der Waals surface area contributed by atoms with Gasteiger partial charge in [-0.2, -0.15) is 0 Å². The predicted molar refractivity (Wildman–Crippen MR) is 65.6 cm³/mol. The van der Waals surface area contributed by atoms with Crippen LogP contribution >= 0.6 is 11.6 Å². The second-order valence-corrected chi connectivity index (χ2v) is 3.56. The first kappa shape index (κ1) is 12.1. The van der Waals surface area contributed by atoms with Gasteiger partial charge < -0.3 is 10.1 Å². The Morgan fingerprint density at radius 3 is 3.00 bits per heavy atom. The molecule has 0 heterocycles. The molecular weight excluding hydrogens is 210 g/mol. The van der Waals surface area contributed by atoms with Crippen LogP contribution in [0.3, 0.4) is 0 Å². The van der Waals surface area contributed by atoms with Gasteiger partial charge in [0, 0.05) is 17.3 Å². The van der Waals surface area contributed by atoms with E-state index in [1.165, 1.54) is 0 Å². The molecule has 0 bridgehead atoms. The minimum Gasteiger partial charge on any atom is -0.383 e. The molecule has 0 atom stereocenters. The molecule has 0 aliphatic heterocycles. The molecule has 1 N–H and O–H groups in total. The van der Waals surface area contributed by atoms with Gasteiger partial charge in [0.2, 0.25) is 0 Å². The number of anilines is 1. The third-order valence-electron chi connectivity index (χ3n) is 1.87. The smallest absolute Gasteiger partial charge is 0.0639 e. The van der Waals surface area contributed by atoms with Crippen LogP contribution in [0, 0.1) is 0 Å². The zero-order valence-corrected chi connectivity index (χ0v) is 9.46. The largest absolute Gasteiger partial charge is 0.383 e. The minimum atomic E-state index is 0.695. The summed E-state index contributed by atoms with van der Waals surface area (Å²) >= 11 is 5.84. The Kier molecular flexibility index (Phi) is 5.90. The molecule has 0 radical (unpaired) electrons. The van der Waals surface area contributed by atoms with Crippen molar-refractivity contribution in [3.63, 3.8) is 0 Å². The maximum absolute atomic E-state index is 5.84. The van der Waals surface area contributed by atoms with Crippen molar-refractivity contribution >= 4 is 17.3 Å². The molecule has 0 aliphatic rings. The van der Waals surface area contributed by atoms with E-state index < -0.39 is 0 Å². The highest BCUT2D eigenvalue weighted by Gasteiger charge is 1.92. The summed E-state index contributed by atoms with van der Waals surface area (Å²) in [5.74, 6) is 0. The van der Waals surface area contributed by atoms with Crippen molar-refractivity contribution in [2.45, 2.75) is 6.42 Å². The Morgan fingerprint density at radius 2 is 2.27 bits per heavy atom. The van der Waals surface area contributed by atoms with E-state index in [1.807, 2.05) is 30.3 Å². The lowest BCUT2D eigenvalue weighted by molar-refractivity contribution is 0.149. The summed E-state index contributed by atoms with van der Waals surface area (Å²) in [5, 5.41) is 3.97. The van der Waals surface area contributed by atoms with Gasteiger partial charge in [0.1, 0.15) is 0 Å². The number of hydrogen-bond acceptors (Lipinski definition) is 2. The molecular formula is C12H16ClNO. The monoisotopic (exact) mass is 225 g/mol. The lowest BCUT2D eigenvalue weighted by Crippen LogP contribution is -2.09. The number of halogens is 1. The molecule has 1 aromatic rings. The fourth-order valence-electron chi connectivity index (χ4n) is 1.13. The Labute approximate surface area is 95.9 Å². The number of rotatable bonds is 7. The SMILES string of the molecule is C=CCCOCCNc1cccc(Cl)c1. The summed E-state index contributed by atoms with van der Waals surface area (Å²) in [6.07, 6.45) is 2.75. The molecule has 15 heavy (non-hydrogen) atoms. The lowest BCUT2D eigenvalue weighted by Gasteiger charge is -2.06.